The first-order valence-electron chi connectivity index (χ1n) is 10.3. The fourth-order valence-corrected chi connectivity index (χ4v) is 3.17. The van der Waals surface area contributed by atoms with Gasteiger partial charge in [-0.25, -0.2) is 4.39 Å². The Morgan fingerprint density at radius 2 is 1.45 bits per heavy atom. The Labute approximate surface area is 182 Å². The van der Waals surface area contributed by atoms with Crippen LogP contribution in [0, 0.1) is 5.82 Å². The highest BCUT2D eigenvalue weighted by Crippen LogP contribution is 2.17. The molecule has 3 aromatic rings. The zero-order chi connectivity index (χ0) is 22.2. The van der Waals surface area contributed by atoms with E-state index in [1.165, 1.54) is 29.8 Å². The van der Waals surface area contributed by atoms with Gasteiger partial charge in [-0.15, -0.1) is 0 Å². The molecule has 0 fully saturated rings. The molecule has 31 heavy (non-hydrogen) atoms. The Kier molecular flexibility index (Phi) is 7.55. The van der Waals surface area contributed by atoms with Crippen LogP contribution in [0.3, 0.4) is 0 Å². The summed E-state index contributed by atoms with van der Waals surface area (Å²) >= 11 is 0. The van der Waals surface area contributed by atoms with E-state index in [0.29, 0.717) is 16.9 Å². The molecule has 1 N–H and O–H groups in total. The van der Waals surface area contributed by atoms with Gasteiger partial charge >= 0.3 is 0 Å². The molecule has 0 spiro atoms. The molecule has 0 unspecified atom stereocenters. The summed E-state index contributed by atoms with van der Waals surface area (Å²) in [5, 5.41) is 2.98. The molecule has 0 bridgehead atoms. The van der Waals surface area contributed by atoms with Crippen molar-refractivity contribution in [1.29, 1.82) is 0 Å². The van der Waals surface area contributed by atoms with Gasteiger partial charge in [0.1, 0.15) is 11.6 Å². The van der Waals surface area contributed by atoms with Crippen molar-refractivity contribution in [3.63, 3.8) is 0 Å². The zero-order valence-electron chi connectivity index (χ0n) is 17.7. The summed E-state index contributed by atoms with van der Waals surface area (Å²) in [5.74, 6) is -0.284. The average molecular weight is 419 g/mol. The van der Waals surface area contributed by atoms with Gasteiger partial charge < -0.3 is 10.1 Å². The van der Waals surface area contributed by atoms with Crippen LogP contribution >= 0.6 is 0 Å². The van der Waals surface area contributed by atoms with Gasteiger partial charge in [0.25, 0.3) is 5.91 Å². The van der Waals surface area contributed by atoms with E-state index in [1.807, 2.05) is 25.1 Å². The van der Waals surface area contributed by atoms with E-state index < -0.39 is 6.10 Å². The molecular weight excluding hydrogens is 393 g/mol. The summed E-state index contributed by atoms with van der Waals surface area (Å²) in [7, 11) is 0. The molecule has 0 radical (unpaired) electrons. The maximum absolute atomic E-state index is 13.0. The maximum Gasteiger partial charge on any atom is 0.260 e. The molecule has 2 atom stereocenters. The number of carbonyl (C=O) groups is 2. The van der Waals surface area contributed by atoms with Crippen molar-refractivity contribution < 1.29 is 18.7 Å². The molecule has 4 nitrogen and oxygen atoms in total. The molecule has 3 aromatic carbocycles. The predicted octanol–water partition coefficient (Wildman–Crippen LogP) is 4.96. The van der Waals surface area contributed by atoms with Crippen LogP contribution in [-0.2, 0) is 11.2 Å². The van der Waals surface area contributed by atoms with Crippen molar-refractivity contribution in [3.05, 3.63) is 101 Å². The molecule has 5 heteroatoms. The predicted molar refractivity (Wildman–Crippen MR) is 119 cm³/mol. The number of hydrogen-bond donors (Lipinski definition) is 1. The van der Waals surface area contributed by atoms with Gasteiger partial charge in [-0.05, 0) is 80.8 Å². The van der Waals surface area contributed by atoms with Crippen molar-refractivity contribution >= 4 is 11.7 Å². The van der Waals surface area contributed by atoms with Gasteiger partial charge in [0, 0.05) is 17.2 Å². The minimum Gasteiger partial charge on any atom is -0.481 e. The number of aryl methyl sites for hydroxylation is 1. The standard InChI is InChI=1S/C26H26FNO3/c1-18(8-9-20-6-4-3-5-7-20)28-26(30)19(2)31-24-16-12-22(13-17-24)25(29)21-10-14-23(27)15-11-21/h3-7,10-19H,8-9H2,1-2H3,(H,28,30)/t18-,19-/m0/s1. The highest BCUT2D eigenvalue weighted by Gasteiger charge is 2.17. The SMILES string of the molecule is C[C@H](Oc1ccc(C(=O)c2ccc(F)cc2)cc1)C(=O)N[C@@H](C)CCc1ccccc1. The maximum atomic E-state index is 13.0. The van der Waals surface area contributed by atoms with Gasteiger partial charge in [-0.3, -0.25) is 9.59 Å². The summed E-state index contributed by atoms with van der Waals surface area (Å²) in [5.41, 5.74) is 2.11. The quantitative estimate of drug-likeness (QED) is 0.499. The van der Waals surface area contributed by atoms with Crippen molar-refractivity contribution in [2.75, 3.05) is 0 Å². The summed E-state index contributed by atoms with van der Waals surface area (Å²) in [6.07, 6.45) is 1.06. The van der Waals surface area contributed by atoms with Crippen LogP contribution in [0.25, 0.3) is 0 Å². The fourth-order valence-electron chi connectivity index (χ4n) is 3.17. The Morgan fingerprint density at radius 3 is 2.06 bits per heavy atom. The van der Waals surface area contributed by atoms with Gasteiger partial charge in [0.05, 0.1) is 0 Å². The molecule has 160 valence electrons. The third-order valence-electron chi connectivity index (χ3n) is 5.00. The topological polar surface area (TPSA) is 55.4 Å². The summed E-state index contributed by atoms with van der Waals surface area (Å²) in [6.45, 7) is 3.67. The number of ketones is 1. The Hall–Kier alpha value is -3.47. The largest absolute Gasteiger partial charge is 0.481 e. The van der Waals surface area contributed by atoms with E-state index in [1.54, 1.807) is 31.2 Å². The lowest BCUT2D eigenvalue weighted by Gasteiger charge is -2.19. The average Bonchev–Trinajstić information content (AvgIpc) is 2.79. The minimum atomic E-state index is -0.669. The van der Waals surface area contributed by atoms with Crippen LogP contribution in [0.1, 0.15) is 41.8 Å². The second kappa shape index (κ2) is 10.5. The second-order valence-electron chi connectivity index (χ2n) is 7.55. The number of hydrogen-bond acceptors (Lipinski definition) is 3. The highest BCUT2D eigenvalue weighted by molar-refractivity contribution is 6.09. The molecule has 3 rings (SSSR count). The Balaban J connectivity index is 1.50. The van der Waals surface area contributed by atoms with Gasteiger partial charge in [-0.1, -0.05) is 30.3 Å². The van der Waals surface area contributed by atoms with E-state index in [-0.39, 0.29) is 23.5 Å². The Morgan fingerprint density at radius 1 is 0.871 bits per heavy atom. The second-order valence-corrected chi connectivity index (χ2v) is 7.55. The highest BCUT2D eigenvalue weighted by atomic mass is 19.1. The van der Waals surface area contributed by atoms with E-state index >= 15 is 0 Å². The molecule has 0 heterocycles. The number of amides is 1. The van der Waals surface area contributed by atoms with Gasteiger partial charge in [0.15, 0.2) is 11.9 Å². The van der Waals surface area contributed by atoms with Gasteiger partial charge in [0.2, 0.25) is 0 Å². The molecule has 0 aliphatic rings. The van der Waals surface area contributed by atoms with E-state index in [4.69, 9.17) is 4.74 Å². The van der Waals surface area contributed by atoms with Crippen molar-refractivity contribution in [2.45, 2.75) is 38.8 Å². The fraction of sp³-hybridized carbons (Fsp3) is 0.231. The van der Waals surface area contributed by atoms with Crippen LogP contribution in [0.2, 0.25) is 0 Å². The Bertz CT molecular complexity index is 1000. The third kappa shape index (κ3) is 6.51. The number of carbonyl (C=O) groups excluding carboxylic acids is 2. The minimum absolute atomic E-state index is 0.0227. The van der Waals surface area contributed by atoms with E-state index in [2.05, 4.69) is 17.4 Å². The molecule has 0 aliphatic heterocycles. The van der Waals surface area contributed by atoms with Crippen LogP contribution in [-0.4, -0.2) is 23.8 Å². The summed E-state index contributed by atoms with van der Waals surface area (Å²) in [6, 6.07) is 22.2. The van der Waals surface area contributed by atoms with Crippen molar-refractivity contribution in [3.8, 4) is 5.75 Å². The van der Waals surface area contributed by atoms with Crippen LogP contribution in [0.15, 0.2) is 78.9 Å². The lowest BCUT2D eigenvalue weighted by atomic mass is 10.0. The molecular formula is C26H26FNO3. The normalized spacial score (nSPS) is 12.6. The zero-order valence-corrected chi connectivity index (χ0v) is 17.7. The number of benzene rings is 3. The summed E-state index contributed by atoms with van der Waals surface area (Å²) < 4.78 is 18.8. The summed E-state index contributed by atoms with van der Waals surface area (Å²) in [4.78, 5) is 24.9. The van der Waals surface area contributed by atoms with Crippen LogP contribution < -0.4 is 10.1 Å². The lowest BCUT2D eigenvalue weighted by Crippen LogP contribution is -2.41. The van der Waals surface area contributed by atoms with Crippen LogP contribution in [0.4, 0.5) is 4.39 Å². The molecule has 0 saturated carbocycles. The number of halogens is 1. The third-order valence-corrected chi connectivity index (χ3v) is 5.00. The monoisotopic (exact) mass is 419 g/mol. The van der Waals surface area contributed by atoms with Crippen LogP contribution in [0.5, 0.6) is 5.75 Å². The first-order chi connectivity index (χ1) is 14.9. The first kappa shape index (κ1) is 22.2. The molecule has 1 amide bonds. The molecule has 0 aromatic heterocycles. The van der Waals surface area contributed by atoms with E-state index in [0.717, 1.165) is 12.8 Å². The molecule has 0 aliphatic carbocycles. The smallest absolute Gasteiger partial charge is 0.260 e. The number of nitrogens with one attached hydrogen (secondary N) is 1. The van der Waals surface area contributed by atoms with E-state index in [9.17, 15) is 14.0 Å². The first-order valence-corrected chi connectivity index (χ1v) is 10.3. The lowest BCUT2D eigenvalue weighted by molar-refractivity contribution is -0.127. The van der Waals surface area contributed by atoms with Gasteiger partial charge in [-0.2, -0.15) is 0 Å². The number of rotatable bonds is 9. The molecule has 0 saturated heterocycles. The van der Waals surface area contributed by atoms with Crippen molar-refractivity contribution in [1.82, 2.24) is 5.32 Å². The number of ether oxygens (including phenoxy) is 1. The van der Waals surface area contributed by atoms with Crippen molar-refractivity contribution in [2.24, 2.45) is 0 Å².